The zero-order valence-electron chi connectivity index (χ0n) is 20.9. The van der Waals surface area contributed by atoms with Crippen LogP contribution in [0.1, 0.15) is 112 Å². The number of fused-ring (bicyclic) bond motifs is 6. The van der Waals surface area contributed by atoms with E-state index in [9.17, 15) is 0 Å². The van der Waals surface area contributed by atoms with Crippen molar-refractivity contribution in [2.45, 2.75) is 112 Å². The molecule has 5 aliphatic rings. The van der Waals surface area contributed by atoms with Gasteiger partial charge in [-0.3, -0.25) is 0 Å². The first-order valence-electron chi connectivity index (χ1n) is 13.9. The lowest BCUT2D eigenvalue weighted by Crippen LogP contribution is -2.56. The first-order chi connectivity index (χ1) is 14.2. The maximum atomic E-state index is 4.39. The van der Waals surface area contributed by atoms with Crippen molar-refractivity contribution in [3.63, 3.8) is 0 Å². The molecular weight excluding hydrogens is 360 g/mol. The smallest absolute Gasteiger partial charge is 0.0171 e. The highest BCUT2D eigenvalue weighted by atomic mass is 14.7. The summed E-state index contributed by atoms with van der Waals surface area (Å²) in [5.41, 5.74) is 2.92. The van der Waals surface area contributed by atoms with Crippen LogP contribution in [0, 0.1) is 64.1 Å². The van der Waals surface area contributed by atoms with Gasteiger partial charge in [0, 0.05) is 0 Å². The fourth-order valence-corrected chi connectivity index (χ4v) is 10.5. The molecule has 0 spiro atoms. The summed E-state index contributed by atoms with van der Waals surface area (Å²) in [6, 6.07) is 0. The summed E-state index contributed by atoms with van der Waals surface area (Å²) >= 11 is 0. The van der Waals surface area contributed by atoms with Gasteiger partial charge in [0.25, 0.3) is 0 Å². The van der Waals surface area contributed by atoms with Gasteiger partial charge in [-0.15, -0.1) is 0 Å². The zero-order valence-corrected chi connectivity index (χ0v) is 20.9. The van der Waals surface area contributed by atoms with Gasteiger partial charge in [0.2, 0.25) is 0 Å². The zero-order chi connectivity index (χ0) is 21.3. The van der Waals surface area contributed by atoms with E-state index in [0.717, 1.165) is 53.3 Å². The molecule has 0 N–H and O–H groups in total. The molecule has 5 fully saturated rings. The Balaban J connectivity index is 1.30. The first kappa shape index (κ1) is 21.6. The Bertz CT molecular complexity index is 659. The van der Waals surface area contributed by atoms with Gasteiger partial charge in [0.1, 0.15) is 0 Å². The summed E-state index contributed by atoms with van der Waals surface area (Å²) in [6.07, 6.45) is 18.1. The van der Waals surface area contributed by atoms with Crippen LogP contribution in [-0.4, -0.2) is 0 Å². The third-order valence-corrected chi connectivity index (χ3v) is 12.1. The Hall–Kier alpha value is -0.260. The Morgan fingerprint density at radius 1 is 0.933 bits per heavy atom. The number of rotatable bonds is 5. The Morgan fingerprint density at radius 3 is 2.43 bits per heavy atom. The predicted octanol–water partition coefficient (Wildman–Crippen LogP) is 8.91. The molecule has 0 heterocycles. The van der Waals surface area contributed by atoms with Crippen molar-refractivity contribution in [2.75, 3.05) is 0 Å². The van der Waals surface area contributed by atoms with Crippen molar-refractivity contribution in [3.05, 3.63) is 12.2 Å². The van der Waals surface area contributed by atoms with E-state index < -0.39 is 0 Å². The molecule has 0 heteroatoms. The summed E-state index contributed by atoms with van der Waals surface area (Å²) in [7, 11) is 0. The van der Waals surface area contributed by atoms with Crippen LogP contribution in [0.3, 0.4) is 0 Å². The molecule has 0 radical (unpaired) electrons. The fraction of sp³-hybridized carbons (Fsp3) is 0.933. The standard InChI is InChI=1S/C30H50/c1-19(2)8-7-9-20(3)26-12-13-27-24-11-10-23-17-25-21(4)16-22(25)18-30(23,6)28(24)14-15-29(26,27)5/h19-20,22-28H,4,7-18H2,1-3,5-6H3/t20-,22?,23+,24+,25?,26-,27+,28+,29-,30+/m1/s1. The average Bonchev–Trinajstić information content (AvgIpc) is 3.03. The maximum absolute atomic E-state index is 4.39. The Labute approximate surface area is 188 Å². The first-order valence-corrected chi connectivity index (χ1v) is 13.9. The van der Waals surface area contributed by atoms with Gasteiger partial charge in [-0.2, -0.15) is 0 Å². The lowest BCUT2D eigenvalue weighted by atomic mass is 9.41. The molecule has 10 atom stereocenters. The highest BCUT2D eigenvalue weighted by molar-refractivity contribution is 5.20. The van der Waals surface area contributed by atoms with Gasteiger partial charge in [-0.1, -0.05) is 66.0 Å². The number of hydrogen-bond acceptors (Lipinski definition) is 0. The lowest BCUT2D eigenvalue weighted by molar-refractivity contribution is -0.137. The van der Waals surface area contributed by atoms with Crippen molar-refractivity contribution in [2.24, 2.45) is 64.1 Å². The molecular formula is C30H50. The van der Waals surface area contributed by atoms with Crippen LogP contribution in [0.25, 0.3) is 0 Å². The molecule has 0 aliphatic heterocycles. The van der Waals surface area contributed by atoms with Gasteiger partial charge in [-0.05, 0) is 122 Å². The summed E-state index contributed by atoms with van der Waals surface area (Å²) in [5.74, 6) is 8.88. The van der Waals surface area contributed by atoms with E-state index in [1.54, 1.807) is 37.7 Å². The Morgan fingerprint density at radius 2 is 1.70 bits per heavy atom. The van der Waals surface area contributed by atoms with Crippen LogP contribution < -0.4 is 0 Å². The van der Waals surface area contributed by atoms with Crippen LogP contribution in [0.5, 0.6) is 0 Å². The monoisotopic (exact) mass is 410 g/mol. The third-order valence-electron chi connectivity index (χ3n) is 12.1. The molecule has 170 valence electrons. The molecule has 5 saturated carbocycles. The maximum Gasteiger partial charge on any atom is -0.0171 e. The molecule has 0 bridgehead atoms. The van der Waals surface area contributed by atoms with Crippen LogP contribution in [0.15, 0.2) is 12.2 Å². The highest BCUT2D eigenvalue weighted by Gasteiger charge is 2.62. The van der Waals surface area contributed by atoms with Crippen LogP contribution in [0.2, 0.25) is 0 Å². The van der Waals surface area contributed by atoms with Crippen molar-refractivity contribution in [1.82, 2.24) is 0 Å². The Kier molecular flexibility index (Phi) is 5.51. The molecule has 5 aliphatic carbocycles. The normalized spacial score (nSPS) is 50.9. The van der Waals surface area contributed by atoms with Crippen molar-refractivity contribution < 1.29 is 0 Å². The molecule has 0 aromatic heterocycles. The average molecular weight is 411 g/mol. The SMILES string of the molecule is C=C1CC2C[C@@]3(C)[C@@H](CC[C@@H]4[C@@H]3CC[C@]3(C)[C@@H]([C@H](C)CCCC(C)C)CC[C@@H]43)CC12. The van der Waals surface area contributed by atoms with Crippen LogP contribution in [-0.2, 0) is 0 Å². The fourth-order valence-electron chi connectivity index (χ4n) is 10.5. The molecule has 0 saturated heterocycles. The van der Waals surface area contributed by atoms with Gasteiger partial charge in [0.05, 0.1) is 0 Å². The summed E-state index contributed by atoms with van der Waals surface area (Å²) in [6.45, 7) is 17.3. The van der Waals surface area contributed by atoms with E-state index in [1.807, 2.05) is 0 Å². The second kappa shape index (κ2) is 7.66. The van der Waals surface area contributed by atoms with E-state index in [0.29, 0.717) is 10.8 Å². The minimum atomic E-state index is 0.656. The van der Waals surface area contributed by atoms with E-state index in [4.69, 9.17) is 0 Å². The third kappa shape index (κ3) is 3.20. The second-order valence-electron chi connectivity index (χ2n) is 13.9. The molecule has 0 nitrogen and oxygen atoms in total. The molecule has 30 heavy (non-hydrogen) atoms. The van der Waals surface area contributed by atoms with Crippen molar-refractivity contribution >= 4 is 0 Å². The van der Waals surface area contributed by atoms with E-state index in [2.05, 4.69) is 41.2 Å². The van der Waals surface area contributed by atoms with Gasteiger partial charge in [-0.25, -0.2) is 0 Å². The quantitative estimate of drug-likeness (QED) is 0.397. The molecule has 5 rings (SSSR count). The molecule has 0 aromatic carbocycles. The van der Waals surface area contributed by atoms with E-state index >= 15 is 0 Å². The molecule has 0 aromatic rings. The number of hydrogen-bond donors (Lipinski definition) is 0. The van der Waals surface area contributed by atoms with E-state index in [-0.39, 0.29) is 0 Å². The minimum Gasteiger partial charge on any atom is -0.0996 e. The minimum absolute atomic E-state index is 0.656. The number of allylic oxidation sites excluding steroid dienone is 1. The summed E-state index contributed by atoms with van der Waals surface area (Å²) < 4.78 is 0. The molecule has 0 amide bonds. The second-order valence-corrected chi connectivity index (χ2v) is 13.9. The highest BCUT2D eigenvalue weighted by Crippen LogP contribution is 2.70. The predicted molar refractivity (Wildman–Crippen MR) is 129 cm³/mol. The largest absolute Gasteiger partial charge is 0.0996 e. The van der Waals surface area contributed by atoms with E-state index in [1.165, 1.54) is 44.9 Å². The summed E-state index contributed by atoms with van der Waals surface area (Å²) in [5, 5.41) is 0. The van der Waals surface area contributed by atoms with Crippen LogP contribution >= 0.6 is 0 Å². The van der Waals surface area contributed by atoms with Gasteiger partial charge in [0.15, 0.2) is 0 Å². The lowest BCUT2D eigenvalue weighted by Gasteiger charge is -2.64. The molecule has 2 unspecified atom stereocenters. The van der Waals surface area contributed by atoms with Crippen molar-refractivity contribution in [3.8, 4) is 0 Å². The van der Waals surface area contributed by atoms with Crippen LogP contribution in [0.4, 0.5) is 0 Å². The van der Waals surface area contributed by atoms with Crippen molar-refractivity contribution in [1.29, 1.82) is 0 Å². The topological polar surface area (TPSA) is 0 Å². The summed E-state index contributed by atoms with van der Waals surface area (Å²) in [4.78, 5) is 0. The van der Waals surface area contributed by atoms with Gasteiger partial charge >= 0.3 is 0 Å². The van der Waals surface area contributed by atoms with Gasteiger partial charge < -0.3 is 0 Å².